The molecule has 14 heavy (non-hydrogen) atoms. The fraction of sp³-hybridized carbons (Fsp3) is 0.0909. The summed E-state index contributed by atoms with van der Waals surface area (Å²) in [7, 11) is 1.73. The first kappa shape index (κ1) is 10.2. The number of hydrogen-bond donors (Lipinski definition) is 1. The van der Waals surface area contributed by atoms with Gasteiger partial charge >= 0.3 is 0 Å². The zero-order valence-corrected chi connectivity index (χ0v) is 8.14. The summed E-state index contributed by atoms with van der Waals surface area (Å²) in [5, 5.41) is 3.18. The summed E-state index contributed by atoms with van der Waals surface area (Å²) in [6.45, 7) is 3.70. The molecule has 0 atom stereocenters. The fourth-order valence-electron chi connectivity index (χ4n) is 0.917. The Morgan fingerprint density at radius 2 is 2.21 bits per heavy atom. The van der Waals surface area contributed by atoms with Gasteiger partial charge in [0.15, 0.2) is 0 Å². The van der Waals surface area contributed by atoms with Crippen LogP contribution in [0.3, 0.4) is 0 Å². The van der Waals surface area contributed by atoms with Crippen molar-refractivity contribution in [2.75, 3.05) is 12.4 Å². The van der Waals surface area contributed by atoms with Gasteiger partial charge in [-0.2, -0.15) is 0 Å². The lowest BCUT2D eigenvalue weighted by Crippen LogP contribution is -1.96. The van der Waals surface area contributed by atoms with Crippen LogP contribution in [0.15, 0.2) is 53.9 Å². The summed E-state index contributed by atoms with van der Waals surface area (Å²) in [4.78, 5) is 7.79. The van der Waals surface area contributed by atoms with Gasteiger partial charge in [-0.3, -0.25) is 9.98 Å². The molecule has 0 saturated heterocycles. The van der Waals surface area contributed by atoms with E-state index in [9.17, 15) is 0 Å². The average Bonchev–Trinajstić information content (AvgIpc) is 2.25. The van der Waals surface area contributed by atoms with Crippen molar-refractivity contribution < 1.29 is 0 Å². The molecule has 0 unspecified atom stereocenters. The van der Waals surface area contributed by atoms with Gasteiger partial charge in [0.2, 0.25) is 0 Å². The second-order valence-corrected chi connectivity index (χ2v) is 2.59. The molecule has 1 aromatic heterocycles. The highest BCUT2D eigenvalue weighted by Crippen LogP contribution is 2.07. The lowest BCUT2D eigenvalue weighted by atomic mass is 10.3. The number of nitrogens with zero attached hydrogens (tertiary/aromatic N) is 2. The second kappa shape index (κ2) is 5.70. The molecule has 1 N–H and O–H groups in total. The highest BCUT2D eigenvalue weighted by atomic mass is 14.9. The minimum Gasteiger partial charge on any atom is -0.355 e. The first-order valence-corrected chi connectivity index (χ1v) is 4.28. The molecule has 0 bridgehead atoms. The molecule has 0 radical (unpaired) electrons. The van der Waals surface area contributed by atoms with Crippen LogP contribution in [-0.4, -0.2) is 18.2 Å². The molecule has 0 aromatic carbocycles. The predicted octanol–water partition coefficient (Wildman–Crippen LogP) is 2.26. The number of anilines is 1. The molecular weight excluding hydrogens is 174 g/mol. The van der Waals surface area contributed by atoms with Gasteiger partial charge in [0.05, 0.1) is 0 Å². The minimum absolute atomic E-state index is 0.904. The quantitative estimate of drug-likeness (QED) is 0.580. The fourth-order valence-corrected chi connectivity index (χ4v) is 0.917. The number of rotatable bonds is 4. The highest BCUT2D eigenvalue weighted by Gasteiger charge is 1.91. The SMILES string of the molecule is C=C/C(=C\C=N/C)Nc1ccncc1. The number of pyridine rings is 1. The van der Waals surface area contributed by atoms with E-state index in [1.54, 1.807) is 31.7 Å². The maximum atomic E-state index is 3.93. The zero-order valence-electron chi connectivity index (χ0n) is 8.14. The minimum atomic E-state index is 0.904. The molecule has 0 aliphatic heterocycles. The number of hydrogen-bond acceptors (Lipinski definition) is 3. The first-order chi connectivity index (χ1) is 6.86. The van der Waals surface area contributed by atoms with Gasteiger partial charge in [0.1, 0.15) is 0 Å². The topological polar surface area (TPSA) is 37.3 Å². The third kappa shape index (κ3) is 3.23. The molecule has 0 aliphatic rings. The van der Waals surface area contributed by atoms with Gasteiger partial charge in [-0.25, -0.2) is 0 Å². The van der Waals surface area contributed by atoms with Crippen LogP contribution >= 0.6 is 0 Å². The van der Waals surface area contributed by atoms with E-state index >= 15 is 0 Å². The third-order valence-corrected chi connectivity index (χ3v) is 1.59. The number of nitrogens with one attached hydrogen (secondary N) is 1. The van der Waals surface area contributed by atoms with Crippen molar-refractivity contribution >= 4 is 11.9 Å². The van der Waals surface area contributed by atoms with E-state index in [4.69, 9.17) is 0 Å². The van der Waals surface area contributed by atoms with Gasteiger partial charge in [0.25, 0.3) is 0 Å². The molecule has 1 heterocycles. The van der Waals surface area contributed by atoms with Crippen LogP contribution in [0.2, 0.25) is 0 Å². The average molecular weight is 187 g/mol. The summed E-state index contributed by atoms with van der Waals surface area (Å²) in [5.74, 6) is 0. The Bertz CT molecular complexity index is 339. The van der Waals surface area contributed by atoms with E-state index in [0.29, 0.717) is 0 Å². The third-order valence-electron chi connectivity index (χ3n) is 1.59. The van der Waals surface area contributed by atoms with Crippen molar-refractivity contribution in [3.63, 3.8) is 0 Å². The molecule has 1 aromatic rings. The molecule has 72 valence electrons. The van der Waals surface area contributed by atoms with E-state index in [2.05, 4.69) is 21.9 Å². The van der Waals surface area contributed by atoms with Crippen LogP contribution in [0, 0.1) is 0 Å². The first-order valence-electron chi connectivity index (χ1n) is 4.28. The zero-order chi connectivity index (χ0) is 10.2. The summed E-state index contributed by atoms with van der Waals surface area (Å²) in [5.41, 5.74) is 1.89. The number of aromatic nitrogens is 1. The summed E-state index contributed by atoms with van der Waals surface area (Å²) < 4.78 is 0. The molecule has 3 heteroatoms. The molecule has 0 saturated carbocycles. The summed E-state index contributed by atoms with van der Waals surface area (Å²) in [6.07, 6.45) is 8.77. The molecule has 0 amide bonds. The predicted molar refractivity (Wildman–Crippen MR) is 60.6 cm³/mol. The largest absolute Gasteiger partial charge is 0.355 e. The van der Waals surface area contributed by atoms with E-state index in [1.165, 1.54) is 0 Å². The molecule has 3 nitrogen and oxygen atoms in total. The van der Waals surface area contributed by atoms with Crippen molar-refractivity contribution in [1.82, 2.24) is 4.98 Å². The van der Waals surface area contributed by atoms with Crippen LogP contribution in [0.5, 0.6) is 0 Å². The van der Waals surface area contributed by atoms with Crippen LogP contribution in [0.4, 0.5) is 5.69 Å². The normalized spacial score (nSPS) is 11.6. The number of aliphatic imine (C=N–C) groups is 1. The maximum absolute atomic E-state index is 3.93. The van der Waals surface area contributed by atoms with Crippen LogP contribution in [-0.2, 0) is 0 Å². The van der Waals surface area contributed by atoms with Gasteiger partial charge < -0.3 is 5.32 Å². The Hall–Kier alpha value is -1.90. The lowest BCUT2D eigenvalue weighted by Gasteiger charge is -2.04. The lowest BCUT2D eigenvalue weighted by molar-refractivity contribution is 1.32. The summed E-state index contributed by atoms with van der Waals surface area (Å²) in [6, 6.07) is 3.78. The maximum Gasteiger partial charge on any atom is 0.0415 e. The van der Waals surface area contributed by atoms with Crippen molar-refractivity contribution in [2.24, 2.45) is 4.99 Å². The standard InChI is InChI=1S/C11H13N3/c1-3-10(4-7-12-2)14-11-5-8-13-9-6-11/h3-9H,1H2,2H3,(H,13,14)/b10-4+,12-7-. The van der Waals surface area contributed by atoms with E-state index in [1.807, 2.05) is 18.2 Å². The Morgan fingerprint density at radius 1 is 1.50 bits per heavy atom. The second-order valence-electron chi connectivity index (χ2n) is 2.59. The smallest absolute Gasteiger partial charge is 0.0415 e. The van der Waals surface area contributed by atoms with Crippen molar-refractivity contribution in [2.45, 2.75) is 0 Å². The van der Waals surface area contributed by atoms with E-state index < -0.39 is 0 Å². The molecular formula is C11H13N3. The van der Waals surface area contributed by atoms with E-state index in [-0.39, 0.29) is 0 Å². The molecule has 0 aliphatic carbocycles. The molecule has 0 spiro atoms. The van der Waals surface area contributed by atoms with Crippen molar-refractivity contribution in [3.8, 4) is 0 Å². The van der Waals surface area contributed by atoms with Crippen LogP contribution < -0.4 is 5.32 Å². The van der Waals surface area contributed by atoms with Crippen LogP contribution in [0.25, 0.3) is 0 Å². The van der Waals surface area contributed by atoms with Crippen molar-refractivity contribution in [3.05, 3.63) is 49.0 Å². The van der Waals surface area contributed by atoms with Gasteiger partial charge in [-0.1, -0.05) is 6.58 Å². The van der Waals surface area contributed by atoms with Crippen molar-refractivity contribution in [1.29, 1.82) is 0 Å². The highest BCUT2D eigenvalue weighted by molar-refractivity contribution is 5.74. The van der Waals surface area contributed by atoms with Crippen LogP contribution in [0.1, 0.15) is 0 Å². The Kier molecular flexibility index (Phi) is 4.14. The summed E-state index contributed by atoms with van der Waals surface area (Å²) >= 11 is 0. The van der Waals surface area contributed by atoms with Gasteiger partial charge in [-0.05, 0) is 24.3 Å². The number of allylic oxidation sites excluding steroid dienone is 2. The monoisotopic (exact) mass is 187 g/mol. The Labute approximate surface area is 83.9 Å². The van der Waals surface area contributed by atoms with Gasteiger partial charge in [-0.15, -0.1) is 0 Å². The van der Waals surface area contributed by atoms with E-state index in [0.717, 1.165) is 11.4 Å². The van der Waals surface area contributed by atoms with Gasteiger partial charge in [0, 0.05) is 37.0 Å². The Balaban J connectivity index is 2.71. The Morgan fingerprint density at radius 3 is 2.79 bits per heavy atom. The molecule has 1 rings (SSSR count). The molecule has 0 fully saturated rings.